The summed E-state index contributed by atoms with van der Waals surface area (Å²) in [5.74, 6) is -0.865. The van der Waals surface area contributed by atoms with Crippen molar-refractivity contribution in [2.45, 2.75) is 45.2 Å². The lowest BCUT2D eigenvalue weighted by atomic mass is 9.96. The molecule has 1 aromatic carbocycles. The Kier molecular flexibility index (Phi) is 3.36. The van der Waals surface area contributed by atoms with E-state index in [4.69, 9.17) is 5.11 Å². The Balaban J connectivity index is 2.23. The number of hydrogen-bond donors (Lipinski definition) is 1. The van der Waals surface area contributed by atoms with Crippen molar-refractivity contribution in [3.05, 3.63) is 29.8 Å². The summed E-state index contributed by atoms with van der Waals surface area (Å²) in [6.45, 7) is 4.47. The number of anilines is 1. The third-order valence-corrected chi connectivity index (χ3v) is 3.61. The molecule has 3 heteroatoms. The van der Waals surface area contributed by atoms with E-state index in [1.807, 2.05) is 12.1 Å². The lowest BCUT2D eigenvalue weighted by molar-refractivity contribution is 0.0697. The molecule has 1 fully saturated rings. The van der Waals surface area contributed by atoms with Crippen molar-refractivity contribution >= 4 is 11.7 Å². The van der Waals surface area contributed by atoms with Crippen molar-refractivity contribution < 1.29 is 9.90 Å². The largest absolute Gasteiger partial charge is 0.478 e. The molecule has 0 radical (unpaired) electrons. The minimum absolute atomic E-state index is 0.353. The van der Waals surface area contributed by atoms with Gasteiger partial charge in [-0.2, -0.15) is 0 Å². The Hall–Kier alpha value is -1.51. The molecule has 0 amide bonds. The average molecular weight is 233 g/mol. The maximum Gasteiger partial charge on any atom is 0.335 e. The number of carbonyl (C=O) groups is 1. The van der Waals surface area contributed by atoms with E-state index in [0.717, 1.165) is 5.69 Å². The molecule has 1 aliphatic rings. The summed E-state index contributed by atoms with van der Waals surface area (Å²) in [7, 11) is 0. The van der Waals surface area contributed by atoms with Crippen molar-refractivity contribution in [1.29, 1.82) is 0 Å². The van der Waals surface area contributed by atoms with Crippen LogP contribution in [0.2, 0.25) is 0 Å². The van der Waals surface area contributed by atoms with Crippen molar-refractivity contribution in [1.82, 2.24) is 0 Å². The number of rotatable bonds is 2. The molecular weight excluding hydrogens is 214 g/mol. The average Bonchev–Trinajstić information content (AvgIpc) is 2.29. The highest BCUT2D eigenvalue weighted by Crippen LogP contribution is 2.29. The molecule has 0 spiro atoms. The predicted molar refractivity (Wildman–Crippen MR) is 68.7 cm³/mol. The molecule has 1 aromatic rings. The second-order valence-electron chi connectivity index (χ2n) is 4.89. The molecule has 3 nitrogen and oxygen atoms in total. The van der Waals surface area contributed by atoms with Gasteiger partial charge in [-0.1, -0.05) is 0 Å². The van der Waals surface area contributed by atoms with E-state index in [0.29, 0.717) is 17.6 Å². The first-order valence-corrected chi connectivity index (χ1v) is 6.21. The standard InChI is InChI=1S/C14H19NO2/c1-10-4-3-5-11(2)15(10)13-8-6-12(7-9-13)14(16)17/h6-11H,3-5H2,1-2H3,(H,16,17)/t10-,11-/m1/s1. The van der Waals surface area contributed by atoms with E-state index >= 15 is 0 Å². The second-order valence-corrected chi connectivity index (χ2v) is 4.89. The summed E-state index contributed by atoms with van der Waals surface area (Å²) in [6.07, 6.45) is 3.71. The van der Waals surface area contributed by atoms with E-state index in [9.17, 15) is 4.79 Å². The molecule has 1 heterocycles. The van der Waals surface area contributed by atoms with Gasteiger partial charge in [0.1, 0.15) is 0 Å². The number of piperidine rings is 1. The first kappa shape index (κ1) is 12.0. The summed E-state index contributed by atoms with van der Waals surface area (Å²) in [5, 5.41) is 8.88. The summed E-state index contributed by atoms with van der Waals surface area (Å²) in [5.41, 5.74) is 1.49. The number of nitrogens with zero attached hydrogens (tertiary/aromatic N) is 1. The Labute approximate surface area is 102 Å². The van der Waals surface area contributed by atoms with E-state index in [-0.39, 0.29) is 0 Å². The van der Waals surface area contributed by atoms with Crippen LogP contribution in [-0.2, 0) is 0 Å². The zero-order chi connectivity index (χ0) is 12.4. The molecule has 1 aliphatic heterocycles. The first-order chi connectivity index (χ1) is 8.09. The minimum atomic E-state index is -0.865. The highest BCUT2D eigenvalue weighted by molar-refractivity contribution is 5.88. The van der Waals surface area contributed by atoms with Crippen LogP contribution >= 0.6 is 0 Å². The second kappa shape index (κ2) is 4.78. The Morgan fingerprint density at radius 1 is 1.18 bits per heavy atom. The smallest absolute Gasteiger partial charge is 0.335 e. The normalized spacial score (nSPS) is 24.7. The van der Waals surface area contributed by atoms with Crippen LogP contribution in [0.3, 0.4) is 0 Å². The fourth-order valence-corrected chi connectivity index (χ4v) is 2.71. The van der Waals surface area contributed by atoms with Crippen molar-refractivity contribution in [2.24, 2.45) is 0 Å². The van der Waals surface area contributed by atoms with E-state index in [1.165, 1.54) is 19.3 Å². The third kappa shape index (κ3) is 2.43. The molecule has 2 atom stereocenters. The first-order valence-electron chi connectivity index (χ1n) is 6.21. The van der Waals surface area contributed by atoms with Crippen LogP contribution in [0, 0.1) is 0 Å². The Morgan fingerprint density at radius 2 is 1.71 bits per heavy atom. The van der Waals surface area contributed by atoms with E-state index in [2.05, 4.69) is 18.7 Å². The summed E-state index contributed by atoms with van der Waals surface area (Å²) < 4.78 is 0. The maximum atomic E-state index is 10.8. The molecule has 1 N–H and O–H groups in total. The predicted octanol–water partition coefficient (Wildman–Crippen LogP) is 3.15. The zero-order valence-corrected chi connectivity index (χ0v) is 10.4. The fraction of sp³-hybridized carbons (Fsp3) is 0.500. The summed E-state index contributed by atoms with van der Waals surface area (Å²) in [4.78, 5) is 13.2. The summed E-state index contributed by atoms with van der Waals surface area (Å²) >= 11 is 0. The van der Waals surface area contributed by atoms with Gasteiger partial charge in [0.25, 0.3) is 0 Å². The van der Waals surface area contributed by atoms with Gasteiger partial charge in [0, 0.05) is 17.8 Å². The van der Waals surface area contributed by atoms with Gasteiger partial charge in [-0.25, -0.2) is 4.79 Å². The highest BCUT2D eigenvalue weighted by atomic mass is 16.4. The third-order valence-electron chi connectivity index (χ3n) is 3.61. The van der Waals surface area contributed by atoms with Gasteiger partial charge in [-0.3, -0.25) is 0 Å². The molecule has 2 rings (SSSR count). The van der Waals surface area contributed by atoms with Crippen LogP contribution in [0.5, 0.6) is 0 Å². The summed E-state index contributed by atoms with van der Waals surface area (Å²) in [6, 6.07) is 8.28. The van der Waals surface area contributed by atoms with Crippen molar-refractivity contribution in [2.75, 3.05) is 4.90 Å². The number of aromatic carboxylic acids is 1. The topological polar surface area (TPSA) is 40.5 Å². The van der Waals surface area contributed by atoms with E-state index < -0.39 is 5.97 Å². The number of carboxylic acid groups (broad SMARTS) is 1. The van der Waals surface area contributed by atoms with Crippen molar-refractivity contribution in [3.8, 4) is 0 Å². The molecule has 0 aromatic heterocycles. The molecule has 1 saturated heterocycles. The number of hydrogen-bond acceptors (Lipinski definition) is 2. The number of benzene rings is 1. The molecule has 92 valence electrons. The maximum absolute atomic E-state index is 10.8. The van der Waals surface area contributed by atoms with Crippen LogP contribution in [0.1, 0.15) is 43.5 Å². The van der Waals surface area contributed by atoms with Gasteiger partial charge in [0.2, 0.25) is 0 Å². The van der Waals surface area contributed by atoms with Crippen molar-refractivity contribution in [3.63, 3.8) is 0 Å². The minimum Gasteiger partial charge on any atom is -0.478 e. The lowest BCUT2D eigenvalue weighted by Crippen LogP contribution is -2.43. The quantitative estimate of drug-likeness (QED) is 0.853. The monoisotopic (exact) mass is 233 g/mol. The van der Waals surface area contributed by atoms with E-state index in [1.54, 1.807) is 12.1 Å². The Morgan fingerprint density at radius 3 is 2.18 bits per heavy atom. The molecule has 0 aliphatic carbocycles. The SMILES string of the molecule is C[C@@H]1CCC[C@@H](C)N1c1ccc(C(=O)O)cc1. The number of carboxylic acids is 1. The Bertz CT molecular complexity index is 389. The van der Waals surface area contributed by atoms with Gasteiger partial charge >= 0.3 is 5.97 Å². The molecule has 0 bridgehead atoms. The van der Waals surface area contributed by atoms with Crippen LogP contribution in [-0.4, -0.2) is 23.2 Å². The molecular formula is C14H19NO2. The molecule has 0 saturated carbocycles. The lowest BCUT2D eigenvalue weighted by Gasteiger charge is -2.41. The van der Waals surface area contributed by atoms with Crippen LogP contribution in [0.4, 0.5) is 5.69 Å². The van der Waals surface area contributed by atoms with Crippen LogP contribution < -0.4 is 4.90 Å². The van der Waals surface area contributed by atoms with Gasteiger partial charge < -0.3 is 10.0 Å². The van der Waals surface area contributed by atoms with Gasteiger partial charge in [0.15, 0.2) is 0 Å². The molecule has 0 unspecified atom stereocenters. The fourth-order valence-electron chi connectivity index (χ4n) is 2.71. The molecule has 17 heavy (non-hydrogen) atoms. The van der Waals surface area contributed by atoms with Gasteiger partial charge in [-0.15, -0.1) is 0 Å². The zero-order valence-electron chi connectivity index (χ0n) is 10.4. The highest BCUT2D eigenvalue weighted by Gasteiger charge is 2.24. The van der Waals surface area contributed by atoms with Crippen LogP contribution in [0.15, 0.2) is 24.3 Å². The van der Waals surface area contributed by atoms with Crippen LogP contribution in [0.25, 0.3) is 0 Å². The van der Waals surface area contributed by atoms with Gasteiger partial charge in [-0.05, 0) is 57.4 Å². The van der Waals surface area contributed by atoms with Gasteiger partial charge in [0.05, 0.1) is 5.56 Å².